The molecule has 0 aliphatic carbocycles. The molecule has 0 unspecified atom stereocenters. The first kappa shape index (κ1) is 10.1. The largest absolute Gasteiger partial charge is 0.349 e. The van der Waals surface area contributed by atoms with Crippen LogP contribution in [0.4, 0.5) is 0 Å². The average Bonchev–Trinajstić information content (AvgIpc) is 2.80. The van der Waals surface area contributed by atoms with E-state index in [0.29, 0.717) is 12.4 Å². The van der Waals surface area contributed by atoms with Crippen molar-refractivity contribution in [2.45, 2.75) is 19.4 Å². The van der Waals surface area contributed by atoms with Crippen LogP contribution in [0.15, 0.2) is 6.33 Å². The van der Waals surface area contributed by atoms with Gasteiger partial charge in [0, 0.05) is 6.54 Å². The molecule has 1 atom stereocenters. The summed E-state index contributed by atoms with van der Waals surface area (Å²) in [7, 11) is 0. The number of nitrogens with one attached hydrogen (secondary N) is 3. The van der Waals surface area contributed by atoms with Crippen molar-refractivity contribution >= 4 is 5.91 Å². The van der Waals surface area contributed by atoms with Crippen molar-refractivity contribution in [3.63, 3.8) is 0 Å². The number of aromatic nitrogens is 3. The number of amides is 1. The third-order valence-electron chi connectivity index (χ3n) is 2.56. The number of H-pyrrole nitrogens is 1. The first-order valence-corrected chi connectivity index (χ1v) is 5.19. The molecule has 6 nitrogen and oxygen atoms in total. The third-order valence-corrected chi connectivity index (χ3v) is 2.56. The van der Waals surface area contributed by atoms with Gasteiger partial charge >= 0.3 is 0 Å². The van der Waals surface area contributed by atoms with Gasteiger partial charge in [0.25, 0.3) is 0 Å². The standard InChI is InChI=1S/C9H15N5O/c15-9(7-2-1-3-10-4-7)11-5-8-12-6-13-14-8/h6-7,10H,1-5H2,(H,11,15)(H,12,13,14)/t7-/m1/s1. The van der Waals surface area contributed by atoms with E-state index in [0.717, 1.165) is 25.9 Å². The molecular weight excluding hydrogens is 194 g/mol. The quantitative estimate of drug-likeness (QED) is 0.622. The number of carbonyl (C=O) groups excluding carboxylic acids is 1. The van der Waals surface area contributed by atoms with Crippen molar-refractivity contribution in [3.05, 3.63) is 12.2 Å². The molecule has 1 aliphatic rings. The number of piperidine rings is 1. The molecule has 1 saturated heterocycles. The molecule has 0 radical (unpaired) electrons. The van der Waals surface area contributed by atoms with Gasteiger partial charge in [-0.15, -0.1) is 0 Å². The summed E-state index contributed by atoms with van der Waals surface area (Å²) in [4.78, 5) is 15.6. The van der Waals surface area contributed by atoms with Crippen LogP contribution in [0.5, 0.6) is 0 Å². The molecule has 1 aromatic rings. The van der Waals surface area contributed by atoms with Crippen molar-refractivity contribution in [3.8, 4) is 0 Å². The average molecular weight is 209 g/mol. The Hall–Kier alpha value is -1.43. The first-order chi connectivity index (χ1) is 7.36. The number of carbonyl (C=O) groups is 1. The van der Waals surface area contributed by atoms with Crippen molar-refractivity contribution in [2.24, 2.45) is 5.92 Å². The van der Waals surface area contributed by atoms with E-state index in [-0.39, 0.29) is 11.8 Å². The van der Waals surface area contributed by atoms with Crippen LogP contribution in [0, 0.1) is 5.92 Å². The zero-order valence-electron chi connectivity index (χ0n) is 8.49. The Morgan fingerprint density at radius 1 is 1.67 bits per heavy atom. The molecule has 3 N–H and O–H groups in total. The van der Waals surface area contributed by atoms with E-state index in [4.69, 9.17) is 0 Å². The highest BCUT2D eigenvalue weighted by molar-refractivity contribution is 5.78. The Kier molecular flexibility index (Phi) is 3.29. The molecule has 1 amide bonds. The smallest absolute Gasteiger partial charge is 0.224 e. The zero-order valence-corrected chi connectivity index (χ0v) is 8.49. The highest BCUT2D eigenvalue weighted by Gasteiger charge is 2.20. The van der Waals surface area contributed by atoms with Crippen LogP contribution in [0.2, 0.25) is 0 Å². The van der Waals surface area contributed by atoms with E-state index in [1.807, 2.05) is 0 Å². The lowest BCUT2D eigenvalue weighted by molar-refractivity contribution is -0.125. The van der Waals surface area contributed by atoms with E-state index in [2.05, 4.69) is 25.8 Å². The minimum absolute atomic E-state index is 0.0959. The number of rotatable bonds is 3. The molecule has 0 aromatic carbocycles. The van der Waals surface area contributed by atoms with Gasteiger partial charge in [0.05, 0.1) is 12.5 Å². The Morgan fingerprint density at radius 2 is 2.60 bits per heavy atom. The van der Waals surface area contributed by atoms with Crippen LogP contribution in [-0.2, 0) is 11.3 Å². The maximum absolute atomic E-state index is 11.7. The summed E-state index contributed by atoms with van der Waals surface area (Å²) < 4.78 is 0. The molecule has 15 heavy (non-hydrogen) atoms. The van der Waals surface area contributed by atoms with Gasteiger partial charge in [-0.2, -0.15) is 5.10 Å². The maximum atomic E-state index is 11.7. The molecule has 1 aliphatic heterocycles. The van der Waals surface area contributed by atoms with Crippen LogP contribution < -0.4 is 10.6 Å². The summed E-state index contributed by atoms with van der Waals surface area (Å²) >= 11 is 0. The Labute approximate surface area is 87.9 Å². The second-order valence-electron chi connectivity index (χ2n) is 3.69. The van der Waals surface area contributed by atoms with Crippen molar-refractivity contribution in [1.82, 2.24) is 25.8 Å². The van der Waals surface area contributed by atoms with Gasteiger partial charge in [-0.1, -0.05) is 0 Å². The fourth-order valence-electron chi connectivity index (χ4n) is 1.71. The maximum Gasteiger partial charge on any atom is 0.224 e. The van der Waals surface area contributed by atoms with Crippen molar-refractivity contribution < 1.29 is 4.79 Å². The van der Waals surface area contributed by atoms with Crippen LogP contribution in [0.3, 0.4) is 0 Å². The molecule has 1 aromatic heterocycles. The summed E-state index contributed by atoms with van der Waals surface area (Å²) in [6, 6.07) is 0. The van der Waals surface area contributed by atoms with Gasteiger partial charge in [-0.25, -0.2) is 4.98 Å². The van der Waals surface area contributed by atoms with Crippen molar-refractivity contribution in [1.29, 1.82) is 0 Å². The highest BCUT2D eigenvalue weighted by atomic mass is 16.1. The Bertz CT molecular complexity index is 304. The number of nitrogens with zero attached hydrogens (tertiary/aromatic N) is 2. The lowest BCUT2D eigenvalue weighted by atomic mass is 9.99. The fraction of sp³-hybridized carbons (Fsp3) is 0.667. The lowest BCUT2D eigenvalue weighted by Gasteiger charge is -2.21. The molecule has 0 saturated carbocycles. The van der Waals surface area contributed by atoms with Crippen molar-refractivity contribution in [2.75, 3.05) is 13.1 Å². The van der Waals surface area contributed by atoms with Gasteiger partial charge in [-0.05, 0) is 19.4 Å². The molecule has 0 spiro atoms. The van der Waals surface area contributed by atoms with E-state index >= 15 is 0 Å². The molecule has 82 valence electrons. The van der Waals surface area contributed by atoms with Gasteiger partial charge in [0.1, 0.15) is 12.2 Å². The predicted molar refractivity (Wildman–Crippen MR) is 53.8 cm³/mol. The van der Waals surface area contributed by atoms with Crippen LogP contribution in [0.1, 0.15) is 18.7 Å². The van der Waals surface area contributed by atoms with Gasteiger partial charge in [0.15, 0.2) is 0 Å². The number of aromatic amines is 1. The summed E-state index contributed by atoms with van der Waals surface area (Å²) in [6.07, 6.45) is 3.47. The molecule has 1 fully saturated rings. The Morgan fingerprint density at radius 3 is 3.27 bits per heavy atom. The second-order valence-corrected chi connectivity index (χ2v) is 3.69. The van der Waals surface area contributed by atoms with Crippen LogP contribution in [-0.4, -0.2) is 34.2 Å². The predicted octanol–water partition coefficient (Wildman–Crippen LogP) is -0.580. The summed E-state index contributed by atoms with van der Waals surface area (Å²) in [5, 5.41) is 12.5. The molecular formula is C9H15N5O. The topological polar surface area (TPSA) is 82.7 Å². The summed E-state index contributed by atoms with van der Waals surface area (Å²) in [5.74, 6) is 0.882. The van der Waals surface area contributed by atoms with Gasteiger partial charge in [0.2, 0.25) is 5.91 Å². The summed E-state index contributed by atoms with van der Waals surface area (Å²) in [5.41, 5.74) is 0. The van der Waals surface area contributed by atoms with E-state index in [1.165, 1.54) is 6.33 Å². The van der Waals surface area contributed by atoms with Gasteiger partial charge in [-0.3, -0.25) is 9.89 Å². The van der Waals surface area contributed by atoms with Crippen LogP contribution in [0.25, 0.3) is 0 Å². The number of hydrogen-bond donors (Lipinski definition) is 3. The number of hydrogen-bond acceptors (Lipinski definition) is 4. The monoisotopic (exact) mass is 209 g/mol. The normalized spacial score (nSPS) is 21.2. The molecule has 2 rings (SSSR count). The third kappa shape index (κ3) is 2.76. The van der Waals surface area contributed by atoms with E-state index < -0.39 is 0 Å². The SMILES string of the molecule is O=C(NCc1ncn[nH]1)[C@@H]1CCCNC1. The highest BCUT2D eigenvalue weighted by Crippen LogP contribution is 2.09. The molecule has 0 bridgehead atoms. The molecule has 2 heterocycles. The van der Waals surface area contributed by atoms with E-state index in [9.17, 15) is 4.79 Å². The first-order valence-electron chi connectivity index (χ1n) is 5.19. The lowest BCUT2D eigenvalue weighted by Crippen LogP contribution is -2.40. The summed E-state index contributed by atoms with van der Waals surface area (Å²) in [6.45, 7) is 2.23. The minimum atomic E-state index is 0.0959. The second kappa shape index (κ2) is 4.88. The minimum Gasteiger partial charge on any atom is -0.349 e. The van der Waals surface area contributed by atoms with Gasteiger partial charge < -0.3 is 10.6 Å². The van der Waals surface area contributed by atoms with E-state index in [1.54, 1.807) is 0 Å². The fourth-order valence-corrected chi connectivity index (χ4v) is 1.71. The zero-order chi connectivity index (χ0) is 10.5. The Balaban J connectivity index is 1.76. The van der Waals surface area contributed by atoms with Crippen LogP contribution >= 0.6 is 0 Å². The molecule has 6 heteroatoms.